The van der Waals surface area contributed by atoms with E-state index in [1.807, 2.05) is 42.5 Å². The van der Waals surface area contributed by atoms with Crippen molar-refractivity contribution in [1.29, 1.82) is 5.26 Å². The van der Waals surface area contributed by atoms with Crippen molar-refractivity contribution in [1.82, 2.24) is 0 Å². The smallest absolute Gasteiger partial charge is 0.304 e. The van der Waals surface area contributed by atoms with E-state index in [-0.39, 0.29) is 18.4 Å². The first kappa shape index (κ1) is 17.6. The van der Waals surface area contributed by atoms with Crippen LogP contribution in [0.1, 0.15) is 54.0 Å². The Morgan fingerprint density at radius 1 is 1.31 bits per heavy atom. The molecule has 26 heavy (non-hydrogen) atoms. The Kier molecular flexibility index (Phi) is 5.25. The van der Waals surface area contributed by atoms with Crippen LogP contribution < -0.4 is 4.74 Å². The van der Waals surface area contributed by atoms with Crippen molar-refractivity contribution in [3.8, 4) is 23.7 Å². The van der Waals surface area contributed by atoms with Crippen molar-refractivity contribution in [2.75, 3.05) is 0 Å². The second-order valence-corrected chi connectivity index (χ2v) is 6.28. The summed E-state index contributed by atoms with van der Waals surface area (Å²) in [5.74, 6) is 5.31. The molecule has 1 aliphatic rings. The Bertz CT molecular complexity index is 913. The Morgan fingerprint density at radius 3 is 2.73 bits per heavy atom. The maximum absolute atomic E-state index is 11.0. The summed E-state index contributed by atoms with van der Waals surface area (Å²) < 4.78 is 6.12. The van der Waals surface area contributed by atoms with Gasteiger partial charge < -0.3 is 9.84 Å². The highest BCUT2D eigenvalue weighted by molar-refractivity contribution is 5.69. The zero-order valence-electron chi connectivity index (χ0n) is 14.5. The number of benzene rings is 2. The van der Waals surface area contributed by atoms with Gasteiger partial charge in [0.05, 0.1) is 24.0 Å². The molecule has 0 heterocycles. The lowest BCUT2D eigenvalue weighted by Gasteiger charge is -2.16. The first-order valence-corrected chi connectivity index (χ1v) is 8.54. The molecule has 0 aromatic heterocycles. The Labute approximate surface area is 153 Å². The topological polar surface area (TPSA) is 70.3 Å². The molecule has 130 valence electrons. The van der Waals surface area contributed by atoms with Gasteiger partial charge in [-0.15, -0.1) is 5.92 Å². The van der Waals surface area contributed by atoms with Crippen molar-refractivity contribution in [2.24, 2.45) is 0 Å². The summed E-state index contributed by atoms with van der Waals surface area (Å²) in [7, 11) is 0. The average molecular weight is 345 g/mol. The first-order valence-electron chi connectivity index (χ1n) is 8.54. The summed E-state index contributed by atoms with van der Waals surface area (Å²) in [4.78, 5) is 11.0. The minimum Gasteiger partial charge on any atom is -0.486 e. The SMILES string of the molecule is CC#C[C@@H](CC(=O)O)c1ccc(OC2CCc3cc(C#N)ccc32)cc1. The quantitative estimate of drug-likeness (QED) is 0.824. The first-order chi connectivity index (χ1) is 12.6. The fourth-order valence-electron chi connectivity index (χ4n) is 3.31. The van der Waals surface area contributed by atoms with Gasteiger partial charge in [-0.3, -0.25) is 4.79 Å². The zero-order valence-corrected chi connectivity index (χ0v) is 14.5. The van der Waals surface area contributed by atoms with Crippen molar-refractivity contribution in [2.45, 2.75) is 38.2 Å². The fourth-order valence-corrected chi connectivity index (χ4v) is 3.31. The number of aliphatic carboxylic acids is 1. The van der Waals surface area contributed by atoms with E-state index in [1.165, 1.54) is 5.56 Å². The summed E-state index contributed by atoms with van der Waals surface area (Å²) in [5, 5.41) is 18.0. The summed E-state index contributed by atoms with van der Waals surface area (Å²) in [6.45, 7) is 1.71. The van der Waals surface area contributed by atoms with Crippen molar-refractivity contribution in [3.63, 3.8) is 0 Å². The molecule has 0 spiro atoms. The molecule has 1 N–H and O–H groups in total. The number of carboxylic acid groups (broad SMARTS) is 1. The van der Waals surface area contributed by atoms with Crippen LogP contribution in [0.3, 0.4) is 0 Å². The van der Waals surface area contributed by atoms with E-state index in [9.17, 15) is 4.79 Å². The van der Waals surface area contributed by atoms with Gasteiger partial charge in [-0.25, -0.2) is 0 Å². The molecule has 1 unspecified atom stereocenters. The number of rotatable bonds is 5. The molecule has 0 bridgehead atoms. The van der Waals surface area contributed by atoms with Crippen LogP contribution in [0.2, 0.25) is 0 Å². The second kappa shape index (κ2) is 7.76. The number of hydrogen-bond acceptors (Lipinski definition) is 3. The van der Waals surface area contributed by atoms with E-state index in [2.05, 4.69) is 17.9 Å². The van der Waals surface area contributed by atoms with Gasteiger partial charge in [-0.1, -0.05) is 24.1 Å². The minimum absolute atomic E-state index is 0.0156. The molecule has 4 heteroatoms. The van der Waals surface area contributed by atoms with Crippen LogP contribution in [0.4, 0.5) is 0 Å². The van der Waals surface area contributed by atoms with Gasteiger partial charge in [-0.2, -0.15) is 5.26 Å². The van der Waals surface area contributed by atoms with Crippen LogP contribution in [0.15, 0.2) is 42.5 Å². The van der Waals surface area contributed by atoms with Crippen molar-refractivity contribution in [3.05, 3.63) is 64.7 Å². The van der Waals surface area contributed by atoms with Gasteiger partial charge in [0.2, 0.25) is 0 Å². The van der Waals surface area contributed by atoms with Crippen LogP contribution in [0.5, 0.6) is 5.75 Å². The second-order valence-electron chi connectivity index (χ2n) is 6.28. The van der Waals surface area contributed by atoms with Gasteiger partial charge >= 0.3 is 5.97 Å². The molecule has 0 saturated heterocycles. The van der Waals surface area contributed by atoms with Crippen molar-refractivity contribution >= 4 is 5.97 Å². The maximum atomic E-state index is 11.0. The number of fused-ring (bicyclic) bond motifs is 1. The van der Waals surface area contributed by atoms with E-state index in [0.717, 1.165) is 29.7 Å². The number of carboxylic acids is 1. The van der Waals surface area contributed by atoms with E-state index < -0.39 is 5.97 Å². The number of nitrogens with zero attached hydrogens (tertiary/aromatic N) is 1. The molecule has 0 saturated carbocycles. The maximum Gasteiger partial charge on any atom is 0.304 e. The largest absolute Gasteiger partial charge is 0.486 e. The molecule has 2 aromatic carbocycles. The predicted octanol–water partition coefficient (Wildman–Crippen LogP) is 4.21. The number of hydrogen-bond donors (Lipinski definition) is 1. The van der Waals surface area contributed by atoms with Gasteiger partial charge in [0, 0.05) is 0 Å². The number of aryl methyl sites for hydroxylation is 1. The third-order valence-electron chi connectivity index (χ3n) is 4.55. The fraction of sp³-hybridized carbons (Fsp3) is 0.273. The Morgan fingerprint density at radius 2 is 2.08 bits per heavy atom. The molecular weight excluding hydrogens is 326 g/mol. The number of ether oxygens (including phenoxy) is 1. The number of nitriles is 1. The third-order valence-corrected chi connectivity index (χ3v) is 4.55. The Hall–Kier alpha value is -3.24. The highest BCUT2D eigenvalue weighted by Gasteiger charge is 2.24. The average Bonchev–Trinajstić information content (AvgIpc) is 3.03. The number of carbonyl (C=O) groups is 1. The van der Waals surface area contributed by atoms with Crippen LogP contribution in [-0.4, -0.2) is 11.1 Å². The lowest BCUT2D eigenvalue weighted by atomic mass is 9.96. The van der Waals surface area contributed by atoms with Crippen LogP contribution in [0.25, 0.3) is 0 Å². The molecule has 0 fully saturated rings. The monoisotopic (exact) mass is 345 g/mol. The molecule has 1 aliphatic carbocycles. The lowest BCUT2D eigenvalue weighted by Crippen LogP contribution is -2.06. The molecule has 2 atom stereocenters. The highest BCUT2D eigenvalue weighted by Crippen LogP contribution is 2.35. The zero-order chi connectivity index (χ0) is 18.5. The van der Waals surface area contributed by atoms with E-state index in [0.29, 0.717) is 5.56 Å². The van der Waals surface area contributed by atoms with Crippen LogP contribution in [-0.2, 0) is 11.2 Å². The molecule has 3 rings (SSSR count). The van der Waals surface area contributed by atoms with E-state index in [1.54, 1.807) is 6.92 Å². The molecule has 0 amide bonds. The van der Waals surface area contributed by atoms with Crippen molar-refractivity contribution < 1.29 is 14.6 Å². The van der Waals surface area contributed by atoms with E-state index >= 15 is 0 Å². The summed E-state index contributed by atoms with van der Waals surface area (Å²) in [6, 6.07) is 15.4. The lowest BCUT2D eigenvalue weighted by molar-refractivity contribution is -0.137. The summed E-state index contributed by atoms with van der Waals surface area (Å²) in [5.41, 5.74) is 3.86. The molecular formula is C22H19NO3. The molecule has 0 radical (unpaired) electrons. The standard InChI is InChI=1S/C22H19NO3/c1-2-3-17(13-22(24)25)16-5-8-19(9-6-16)26-21-11-7-18-12-15(14-23)4-10-20(18)21/h4-6,8-10,12,17,21H,7,11,13H2,1H3,(H,24,25)/t17-,21?/m0/s1. The van der Waals surface area contributed by atoms with Gasteiger partial charge in [0.15, 0.2) is 0 Å². The van der Waals surface area contributed by atoms with Gasteiger partial charge in [-0.05, 0) is 60.7 Å². The molecule has 2 aromatic rings. The van der Waals surface area contributed by atoms with Crippen LogP contribution in [0, 0.1) is 23.2 Å². The summed E-state index contributed by atoms with van der Waals surface area (Å²) >= 11 is 0. The predicted molar refractivity (Wildman–Crippen MR) is 97.7 cm³/mol. The van der Waals surface area contributed by atoms with Gasteiger partial charge in [0.1, 0.15) is 11.9 Å². The van der Waals surface area contributed by atoms with Gasteiger partial charge in [0.25, 0.3) is 0 Å². The third kappa shape index (κ3) is 3.87. The molecule has 0 aliphatic heterocycles. The van der Waals surface area contributed by atoms with E-state index in [4.69, 9.17) is 15.1 Å². The highest BCUT2D eigenvalue weighted by atomic mass is 16.5. The normalized spacial score (nSPS) is 15.9. The minimum atomic E-state index is -0.864. The van der Waals surface area contributed by atoms with Crippen LogP contribution >= 0.6 is 0 Å². The molecule has 4 nitrogen and oxygen atoms in total. The summed E-state index contributed by atoms with van der Waals surface area (Å²) in [6.07, 6.45) is 1.75. The Balaban J connectivity index is 1.74.